The Balaban J connectivity index is 1.84. The first-order valence-electron chi connectivity index (χ1n) is 7.10. The number of nitrogen functional groups attached to an aromatic ring is 1. The van der Waals surface area contributed by atoms with E-state index >= 15 is 0 Å². The molecule has 2 N–H and O–H groups in total. The third-order valence-corrected chi connectivity index (χ3v) is 3.53. The highest BCUT2D eigenvalue weighted by atomic mass is 16.5. The molecule has 2 aromatic heterocycles. The third-order valence-electron chi connectivity index (χ3n) is 3.53. The summed E-state index contributed by atoms with van der Waals surface area (Å²) in [7, 11) is 0. The number of benzene rings is 1. The number of fused-ring (bicyclic) bond motifs is 1. The third kappa shape index (κ3) is 2.23. The van der Waals surface area contributed by atoms with E-state index in [4.69, 9.17) is 10.5 Å². The van der Waals surface area contributed by atoms with Gasteiger partial charge in [0.05, 0.1) is 13.2 Å². The maximum absolute atomic E-state index is 5.82. The minimum atomic E-state index is 0.195. The van der Waals surface area contributed by atoms with Crippen molar-refractivity contribution in [2.75, 3.05) is 36.9 Å². The van der Waals surface area contributed by atoms with Crippen molar-refractivity contribution < 1.29 is 4.74 Å². The maximum Gasteiger partial charge on any atom is 0.259 e. The summed E-state index contributed by atoms with van der Waals surface area (Å²) in [5, 5.41) is 4.54. The number of aromatic nitrogens is 5. The minimum Gasteiger partial charge on any atom is -0.378 e. The van der Waals surface area contributed by atoms with Crippen LogP contribution >= 0.6 is 0 Å². The van der Waals surface area contributed by atoms with Gasteiger partial charge in [0, 0.05) is 18.7 Å². The molecular formula is C14H15N7O. The van der Waals surface area contributed by atoms with Crippen LogP contribution in [0.2, 0.25) is 0 Å². The molecule has 1 saturated heterocycles. The lowest BCUT2D eigenvalue weighted by molar-refractivity contribution is 0.122. The molecule has 3 heterocycles. The summed E-state index contributed by atoms with van der Waals surface area (Å²) in [5.74, 6) is 1.91. The molecule has 3 aromatic rings. The van der Waals surface area contributed by atoms with Crippen molar-refractivity contribution in [2.24, 2.45) is 0 Å². The summed E-state index contributed by atoms with van der Waals surface area (Å²) < 4.78 is 7.02. The minimum absolute atomic E-state index is 0.195. The molecule has 22 heavy (non-hydrogen) atoms. The monoisotopic (exact) mass is 297 g/mol. The normalized spacial score (nSPS) is 15.4. The average molecular weight is 297 g/mol. The van der Waals surface area contributed by atoms with E-state index < -0.39 is 0 Å². The lowest BCUT2D eigenvalue weighted by atomic mass is 10.2. The van der Waals surface area contributed by atoms with Crippen molar-refractivity contribution in [1.82, 2.24) is 24.6 Å². The van der Waals surface area contributed by atoms with E-state index in [1.54, 1.807) is 4.52 Å². The van der Waals surface area contributed by atoms with Gasteiger partial charge in [0.25, 0.3) is 5.78 Å². The predicted molar refractivity (Wildman–Crippen MR) is 81.5 cm³/mol. The topological polar surface area (TPSA) is 94.5 Å². The molecule has 8 nitrogen and oxygen atoms in total. The van der Waals surface area contributed by atoms with Crippen LogP contribution in [0.3, 0.4) is 0 Å². The Kier molecular flexibility index (Phi) is 3.08. The molecule has 0 radical (unpaired) electrons. The van der Waals surface area contributed by atoms with Crippen LogP contribution in [0.25, 0.3) is 17.2 Å². The molecule has 0 aliphatic carbocycles. The van der Waals surface area contributed by atoms with E-state index in [0.717, 1.165) is 18.7 Å². The standard InChI is InChI=1S/C14H15N7O/c15-12-17-13-16-11(10-4-2-1-3-5-10)19-21(13)14(18-12)20-6-8-22-9-7-20/h1-5H,6-9H2,(H2,15,16,17,19). The zero-order valence-corrected chi connectivity index (χ0v) is 11.9. The Morgan fingerprint density at radius 2 is 1.77 bits per heavy atom. The second-order valence-electron chi connectivity index (χ2n) is 4.99. The van der Waals surface area contributed by atoms with Crippen molar-refractivity contribution in [2.45, 2.75) is 0 Å². The van der Waals surface area contributed by atoms with Gasteiger partial charge in [-0.1, -0.05) is 30.3 Å². The van der Waals surface area contributed by atoms with Crippen LogP contribution < -0.4 is 10.6 Å². The van der Waals surface area contributed by atoms with E-state index in [1.807, 2.05) is 30.3 Å². The van der Waals surface area contributed by atoms with E-state index in [2.05, 4.69) is 25.0 Å². The van der Waals surface area contributed by atoms with Gasteiger partial charge in [-0.25, -0.2) is 0 Å². The van der Waals surface area contributed by atoms with Crippen LogP contribution in [0.1, 0.15) is 0 Å². The van der Waals surface area contributed by atoms with Crippen LogP contribution in [-0.4, -0.2) is 50.9 Å². The van der Waals surface area contributed by atoms with Gasteiger partial charge in [-0.2, -0.15) is 19.5 Å². The van der Waals surface area contributed by atoms with Gasteiger partial charge >= 0.3 is 0 Å². The lowest BCUT2D eigenvalue weighted by Gasteiger charge is -2.27. The van der Waals surface area contributed by atoms with Gasteiger partial charge in [-0.05, 0) is 0 Å². The zero-order valence-electron chi connectivity index (χ0n) is 11.9. The number of ether oxygens (including phenoxy) is 1. The molecule has 0 unspecified atom stereocenters. The summed E-state index contributed by atoms with van der Waals surface area (Å²) in [6, 6.07) is 9.77. The first kappa shape index (κ1) is 13.0. The number of nitrogens with zero attached hydrogens (tertiary/aromatic N) is 6. The van der Waals surface area contributed by atoms with E-state index in [9.17, 15) is 0 Å². The summed E-state index contributed by atoms with van der Waals surface area (Å²) in [6.07, 6.45) is 0. The van der Waals surface area contributed by atoms with Crippen LogP contribution in [-0.2, 0) is 4.74 Å². The Labute approximate surface area is 126 Å². The van der Waals surface area contributed by atoms with Gasteiger partial charge in [-0.15, -0.1) is 5.10 Å². The van der Waals surface area contributed by atoms with Gasteiger partial charge < -0.3 is 15.4 Å². The van der Waals surface area contributed by atoms with Gasteiger partial charge in [-0.3, -0.25) is 0 Å². The SMILES string of the molecule is Nc1nc(N2CCOCC2)n2nc(-c3ccccc3)nc2n1. The number of anilines is 2. The second kappa shape index (κ2) is 5.23. The van der Waals surface area contributed by atoms with Crippen molar-refractivity contribution in [3.05, 3.63) is 30.3 Å². The van der Waals surface area contributed by atoms with Crippen molar-refractivity contribution in [3.8, 4) is 11.4 Å². The number of morpholine rings is 1. The first-order valence-corrected chi connectivity index (χ1v) is 7.10. The smallest absolute Gasteiger partial charge is 0.259 e. The van der Waals surface area contributed by atoms with Gasteiger partial charge in [0.2, 0.25) is 11.9 Å². The molecule has 1 aliphatic heterocycles. The predicted octanol–water partition coefficient (Wildman–Crippen LogP) is 0.605. The van der Waals surface area contributed by atoms with Gasteiger partial charge in [0.1, 0.15) is 0 Å². The van der Waals surface area contributed by atoms with Crippen molar-refractivity contribution in [3.63, 3.8) is 0 Å². The second-order valence-corrected chi connectivity index (χ2v) is 4.99. The van der Waals surface area contributed by atoms with Crippen LogP contribution in [0, 0.1) is 0 Å². The summed E-state index contributed by atoms with van der Waals surface area (Å²) in [6.45, 7) is 2.80. The molecule has 8 heteroatoms. The van der Waals surface area contributed by atoms with Crippen LogP contribution in [0.15, 0.2) is 30.3 Å². The highest BCUT2D eigenvalue weighted by molar-refractivity contribution is 5.58. The maximum atomic E-state index is 5.82. The Morgan fingerprint density at radius 3 is 2.55 bits per heavy atom. The summed E-state index contributed by atoms with van der Waals surface area (Å²) >= 11 is 0. The molecule has 112 valence electrons. The first-order chi connectivity index (χ1) is 10.8. The Bertz CT molecular complexity index is 796. The van der Waals surface area contributed by atoms with Crippen molar-refractivity contribution in [1.29, 1.82) is 0 Å². The number of hydrogen-bond acceptors (Lipinski definition) is 7. The molecular weight excluding hydrogens is 282 g/mol. The molecule has 0 atom stereocenters. The molecule has 0 amide bonds. The average Bonchev–Trinajstić information content (AvgIpc) is 2.99. The fraction of sp³-hybridized carbons (Fsp3) is 0.286. The fourth-order valence-corrected chi connectivity index (χ4v) is 2.47. The number of rotatable bonds is 2. The molecule has 1 aliphatic rings. The molecule has 0 bridgehead atoms. The Morgan fingerprint density at radius 1 is 1.00 bits per heavy atom. The van der Waals surface area contributed by atoms with E-state index in [0.29, 0.717) is 30.8 Å². The molecule has 0 saturated carbocycles. The van der Waals surface area contributed by atoms with E-state index in [1.165, 1.54) is 0 Å². The fourth-order valence-electron chi connectivity index (χ4n) is 2.47. The van der Waals surface area contributed by atoms with E-state index in [-0.39, 0.29) is 5.95 Å². The van der Waals surface area contributed by atoms with Crippen LogP contribution in [0.4, 0.5) is 11.9 Å². The van der Waals surface area contributed by atoms with Crippen molar-refractivity contribution >= 4 is 17.7 Å². The highest BCUT2D eigenvalue weighted by Gasteiger charge is 2.19. The molecule has 1 fully saturated rings. The van der Waals surface area contributed by atoms with Gasteiger partial charge in [0.15, 0.2) is 5.82 Å². The van der Waals surface area contributed by atoms with Crippen LogP contribution in [0.5, 0.6) is 0 Å². The molecule has 4 rings (SSSR count). The number of hydrogen-bond donors (Lipinski definition) is 1. The summed E-state index contributed by atoms with van der Waals surface area (Å²) in [4.78, 5) is 15.0. The lowest BCUT2D eigenvalue weighted by Crippen LogP contribution is -2.38. The Hall–Kier alpha value is -2.74. The highest BCUT2D eigenvalue weighted by Crippen LogP contribution is 2.19. The zero-order chi connectivity index (χ0) is 14.9. The number of nitrogens with two attached hydrogens (primary N) is 1. The summed E-state index contributed by atoms with van der Waals surface area (Å²) in [5.41, 5.74) is 6.75. The quantitative estimate of drug-likeness (QED) is 0.740. The molecule has 1 aromatic carbocycles. The largest absolute Gasteiger partial charge is 0.378 e. The molecule has 0 spiro atoms.